The first-order valence-corrected chi connectivity index (χ1v) is 15.8. The molecule has 3 rings (SSSR count). The molecular formula is C29H42N4O4S2. The van der Waals surface area contributed by atoms with Crippen LogP contribution in [-0.2, 0) is 10.0 Å². The number of hydrogen-bond acceptors (Lipinski definition) is 7. The van der Waals surface area contributed by atoms with Crippen molar-refractivity contribution in [2.45, 2.75) is 46.4 Å². The number of carbonyl (C=O) groups excluding carboxylic acids is 1. The van der Waals surface area contributed by atoms with Crippen LogP contribution in [0.3, 0.4) is 0 Å². The van der Waals surface area contributed by atoms with Crippen molar-refractivity contribution in [2.24, 2.45) is 11.8 Å². The number of thiazole rings is 1. The fourth-order valence-corrected chi connectivity index (χ4v) is 7.15. The first-order chi connectivity index (χ1) is 18.5. The summed E-state index contributed by atoms with van der Waals surface area (Å²) < 4.78 is 34.7. The molecule has 1 aromatic heterocycles. The van der Waals surface area contributed by atoms with Crippen molar-refractivity contribution in [3.05, 3.63) is 48.0 Å². The smallest absolute Gasteiger partial charge is 0.260 e. The predicted octanol–water partition coefficient (Wildman–Crippen LogP) is 5.60. The summed E-state index contributed by atoms with van der Waals surface area (Å²) in [5, 5.41) is 0.604. The van der Waals surface area contributed by atoms with Gasteiger partial charge in [-0.2, -0.15) is 4.31 Å². The van der Waals surface area contributed by atoms with Crippen LogP contribution in [0, 0.1) is 11.8 Å². The van der Waals surface area contributed by atoms with Gasteiger partial charge in [0.05, 0.1) is 22.2 Å². The van der Waals surface area contributed by atoms with Gasteiger partial charge >= 0.3 is 0 Å². The summed E-state index contributed by atoms with van der Waals surface area (Å²) in [6, 6.07) is 12.0. The van der Waals surface area contributed by atoms with Crippen LogP contribution < -0.4 is 9.64 Å². The summed E-state index contributed by atoms with van der Waals surface area (Å²) in [4.78, 5) is 22.7. The van der Waals surface area contributed by atoms with Gasteiger partial charge in [-0.25, -0.2) is 13.4 Å². The third kappa shape index (κ3) is 7.78. The Morgan fingerprint density at radius 2 is 1.56 bits per heavy atom. The lowest BCUT2D eigenvalue weighted by molar-refractivity contribution is 0.0983. The number of methoxy groups -OCH3 is 1. The summed E-state index contributed by atoms with van der Waals surface area (Å²) >= 11 is 1.44. The van der Waals surface area contributed by atoms with Gasteiger partial charge in [-0.1, -0.05) is 52.9 Å². The highest BCUT2D eigenvalue weighted by Gasteiger charge is 2.27. The number of aromatic nitrogens is 1. The molecule has 1 heterocycles. The molecule has 0 bridgehead atoms. The Bertz CT molecular complexity index is 1320. The summed E-state index contributed by atoms with van der Waals surface area (Å²) in [7, 11) is -2.06. The molecule has 0 atom stereocenters. The molecule has 39 heavy (non-hydrogen) atoms. The Kier molecular flexibility index (Phi) is 10.9. The SMILES string of the molecule is CCN(CC)CCN(C(=O)c1ccc(S(=O)(=O)N(CC(C)C)CC(C)C)cc1)c1nc2ccc(OC)cc2s1. The molecule has 1 amide bonds. The van der Waals surface area contributed by atoms with Gasteiger partial charge in [0.1, 0.15) is 5.75 Å². The molecule has 3 aromatic rings. The maximum Gasteiger partial charge on any atom is 0.260 e. The van der Waals surface area contributed by atoms with E-state index in [-0.39, 0.29) is 22.6 Å². The molecule has 214 valence electrons. The number of hydrogen-bond donors (Lipinski definition) is 0. The lowest BCUT2D eigenvalue weighted by atomic mass is 10.2. The van der Waals surface area contributed by atoms with E-state index in [0.717, 1.165) is 29.1 Å². The molecule has 10 heteroatoms. The Morgan fingerprint density at radius 1 is 0.949 bits per heavy atom. The predicted molar refractivity (Wildman–Crippen MR) is 161 cm³/mol. The van der Waals surface area contributed by atoms with Gasteiger partial charge in [-0.3, -0.25) is 9.69 Å². The summed E-state index contributed by atoms with van der Waals surface area (Å²) in [6.07, 6.45) is 0. The minimum Gasteiger partial charge on any atom is -0.497 e. The number of likely N-dealkylation sites (N-methyl/N-ethyl adjacent to an activating group) is 1. The monoisotopic (exact) mass is 574 g/mol. The Hall–Kier alpha value is -2.53. The van der Waals surface area contributed by atoms with E-state index in [1.165, 1.54) is 11.3 Å². The lowest BCUT2D eigenvalue weighted by Gasteiger charge is -2.26. The van der Waals surface area contributed by atoms with Gasteiger partial charge in [-0.15, -0.1) is 0 Å². The zero-order valence-corrected chi connectivity index (χ0v) is 25.8. The zero-order chi connectivity index (χ0) is 28.7. The van der Waals surface area contributed by atoms with Crippen molar-refractivity contribution in [2.75, 3.05) is 51.3 Å². The molecule has 0 aliphatic rings. The number of nitrogens with zero attached hydrogens (tertiary/aromatic N) is 4. The number of carbonyl (C=O) groups is 1. The molecule has 0 radical (unpaired) electrons. The molecule has 2 aromatic carbocycles. The average molecular weight is 575 g/mol. The van der Waals surface area contributed by atoms with Gasteiger partial charge in [0.2, 0.25) is 10.0 Å². The van der Waals surface area contributed by atoms with Crippen LogP contribution in [-0.4, -0.2) is 74.9 Å². The van der Waals surface area contributed by atoms with E-state index in [4.69, 9.17) is 9.72 Å². The molecule has 0 N–H and O–H groups in total. The molecule has 0 unspecified atom stereocenters. The quantitative estimate of drug-likeness (QED) is 0.249. The average Bonchev–Trinajstić information content (AvgIpc) is 3.33. The maximum absolute atomic E-state index is 13.8. The van der Waals surface area contributed by atoms with Crippen LogP contribution in [0.5, 0.6) is 5.75 Å². The highest BCUT2D eigenvalue weighted by atomic mass is 32.2. The fraction of sp³-hybridized carbons (Fsp3) is 0.517. The number of anilines is 1. The first kappa shape index (κ1) is 31.0. The van der Waals surface area contributed by atoms with Crippen molar-refractivity contribution >= 4 is 42.6 Å². The molecule has 8 nitrogen and oxygen atoms in total. The zero-order valence-electron chi connectivity index (χ0n) is 24.2. The number of benzene rings is 2. The van der Waals surface area contributed by atoms with E-state index < -0.39 is 10.0 Å². The Morgan fingerprint density at radius 3 is 2.10 bits per heavy atom. The minimum atomic E-state index is -3.68. The number of fused-ring (bicyclic) bond motifs is 1. The van der Waals surface area contributed by atoms with Gasteiger partial charge in [0.15, 0.2) is 5.13 Å². The van der Waals surface area contributed by atoms with E-state index in [1.54, 1.807) is 40.6 Å². The van der Waals surface area contributed by atoms with Gasteiger partial charge in [0.25, 0.3) is 5.91 Å². The highest BCUT2D eigenvalue weighted by Crippen LogP contribution is 2.32. The fourth-order valence-electron chi connectivity index (χ4n) is 4.36. The molecule has 0 fully saturated rings. The summed E-state index contributed by atoms with van der Waals surface area (Å²) in [6.45, 7) is 16.1. The molecular weight excluding hydrogens is 532 g/mol. The second-order valence-corrected chi connectivity index (χ2v) is 13.4. The summed E-state index contributed by atoms with van der Waals surface area (Å²) in [5.74, 6) is 0.929. The summed E-state index contributed by atoms with van der Waals surface area (Å²) in [5.41, 5.74) is 1.22. The topological polar surface area (TPSA) is 83.1 Å². The van der Waals surface area contributed by atoms with Gasteiger partial charge in [0, 0.05) is 31.7 Å². The Labute approximate surface area is 237 Å². The van der Waals surface area contributed by atoms with Crippen molar-refractivity contribution in [1.82, 2.24) is 14.2 Å². The first-order valence-electron chi connectivity index (χ1n) is 13.6. The minimum absolute atomic E-state index is 0.196. The standard InChI is InChI=1S/C29H42N4O4S2/c1-8-31(9-2)16-17-33(29-30-26-15-12-24(37-7)18-27(26)38-29)28(34)23-10-13-25(14-11-23)39(35,36)32(19-21(3)4)20-22(5)6/h10-15,18,21-22H,8-9,16-17,19-20H2,1-7H3. The lowest BCUT2D eigenvalue weighted by Crippen LogP contribution is -2.39. The molecule has 0 aliphatic heterocycles. The van der Waals surface area contributed by atoms with E-state index in [0.29, 0.717) is 36.9 Å². The molecule has 0 spiro atoms. The molecule has 0 saturated carbocycles. The number of amides is 1. The van der Waals surface area contributed by atoms with Crippen LogP contribution in [0.2, 0.25) is 0 Å². The van der Waals surface area contributed by atoms with Crippen molar-refractivity contribution < 1.29 is 17.9 Å². The van der Waals surface area contributed by atoms with Crippen LogP contribution in [0.15, 0.2) is 47.4 Å². The maximum atomic E-state index is 13.8. The van der Waals surface area contributed by atoms with E-state index in [9.17, 15) is 13.2 Å². The third-order valence-corrected chi connectivity index (χ3v) is 9.36. The van der Waals surface area contributed by atoms with Crippen LogP contribution in [0.1, 0.15) is 51.9 Å². The van der Waals surface area contributed by atoms with Crippen LogP contribution >= 0.6 is 11.3 Å². The highest BCUT2D eigenvalue weighted by molar-refractivity contribution is 7.89. The molecule has 0 aliphatic carbocycles. The normalized spacial score (nSPS) is 12.3. The van der Waals surface area contributed by atoms with E-state index >= 15 is 0 Å². The van der Waals surface area contributed by atoms with Crippen LogP contribution in [0.4, 0.5) is 5.13 Å². The van der Waals surface area contributed by atoms with Crippen molar-refractivity contribution in [3.8, 4) is 5.75 Å². The second kappa shape index (κ2) is 13.7. The van der Waals surface area contributed by atoms with Gasteiger partial charge < -0.3 is 9.64 Å². The van der Waals surface area contributed by atoms with Crippen LogP contribution in [0.25, 0.3) is 10.2 Å². The largest absolute Gasteiger partial charge is 0.497 e. The number of sulfonamides is 1. The third-order valence-electron chi connectivity index (χ3n) is 6.47. The van der Waals surface area contributed by atoms with Gasteiger partial charge in [-0.05, 0) is 67.4 Å². The Balaban J connectivity index is 1.93. The van der Waals surface area contributed by atoms with Crippen molar-refractivity contribution in [1.29, 1.82) is 0 Å². The molecule has 0 saturated heterocycles. The van der Waals surface area contributed by atoms with E-state index in [2.05, 4.69) is 18.7 Å². The van der Waals surface area contributed by atoms with Crippen molar-refractivity contribution in [3.63, 3.8) is 0 Å². The second-order valence-electron chi connectivity index (χ2n) is 10.4. The van der Waals surface area contributed by atoms with E-state index in [1.807, 2.05) is 45.9 Å². The number of rotatable bonds is 14. The number of ether oxygens (including phenoxy) is 1.